The van der Waals surface area contributed by atoms with E-state index in [0.29, 0.717) is 23.4 Å². The zero-order valence-corrected chi connectivity index (χ0v) is 12.1. The van der Waals surface area contributed by atoms with Gasteiger partial charge in [-0.2, -0.15) is 0 Å². The first-order valence-electron chi connectivity index (χ1n) is 5.43. The molecule has 0 aliphatic carbocycles. The normalized spacial score (nSPS) is 10.6. The van der Waals surface area contributed by atoms with Gasteiger partial charge in [0, 0.05) is 23.4 Å². The van der Waals surface area contributed by atoms with Gasteiger partial charge in [0.2, 0.25) is 5.88 Å². The van der Waals surface area contributed by atoms with Crippen molar-refractivity contribution in [3.8, 4) is 5.88 Å². The summed E-state index contributed by atoms with van der Waals surface area (Å²) >= 11 is 13.4. The van der Waals surface area contributed by atoms with E-state index in [9.17, 15) is 0 Å². The molecule has 0 atom stereocenters. The van der Waals surface area contributed by atoms with Crippen LogP contribution in [0.4, 0.5) is 0 Å². The zero-order chi connectivity index (χ0) is 13.0. The van der Waals surface area contributed by atoms with Gasteiger partial charge in [-0.25, -0.2) is 9.97 Å². The van der Waals surface area contributed by atoms with Gasteiger partial charge >= 0.3 is 0 Å². The highest BCUT2D eigenvalue weighted by atomic mass is 35.5. The number of nitrogens with zero attached hydrogens (tertiary/aromatic N) is 2. The number of alkyl halides is 1. The van der Waals surface area contributed by atoms with Crippen molar-refractivity contribution in [3.05, 3.63) is 38.9 Å². The van der Waals surface area contributed by atoms with Crippen LogP contribution in [0.25, 0.3) is 0 Å². The number of ether oxygens (including phenoxy) is 1. The number of thiazole rings is 1. The lowest BCUT2D eigenvalue weighted by molar-refractivity contribution is 0.310. The predicted octanol–water partition coefficient (Wildman–Crippen LogP) is 3.86. The van der Waals surface area contributed by atoms with Crippen LogP contribution in [-0.4, -0.2) is 16.6 Å². The van der Waals surface area contributed by atoms with E-state index < -0.39 is 0 Å². The largest absolute Gasteiger partial charge is 0.476 e. The third kappa shape index (κ3) is 3.34. The molecule has 0 N–H and O–H groups in total. The number of aromatic nitrogens is 2. The first-order chi connectivity index (χ1) is 8.70. The van der Waals surface area contributed by atoms with Crippen LogP contribution in [0.15, 0.2) is 17.8 Å². The maximum Gasteiger partial charge on any atom is 0.232 e. The summed E-state index contributed by atoms with van der Waals surface area (Å²) in [5.41, 5.74) is 3.78. The standard InChI is InChI=1S/C12H12Cl2N2OS/c1-8-11(18-7-16-8)2-3-17-12-10(14)4-9(5-13)6-15-12/h4,6-7H,2-3,5H2,1H3. The molecule has 0 spiro atoms. The second-order valence-corrected chi connectivity index (χ2v) is 5.34. The van der Waals surface area contributed by atoms with Gasteiger partial charge in [-0.05, 0) is 18.6 Å². The lowest BCUT2D eigenvalue weighted by Gasteiger charge is -2.07. The summed E-state index contributed by atoms with van der Waals surface area (Å²) in [4.78, 5) is 9.55. The molecule has 2 rings (SSSR count). The van der Waals surface area contributed by atoms with E-state index in [1.165, 1.54) is 4.88 Å². The molecule has 2 heterocycles. The number of rotatable bonds is 5. The molecule has 18 heavy (non-hydrogen) atoms. The van der Waals surface area contributed by atoms with Gasteiger partial charge in [0.15, 0.2) is 0 Å². The summed E-state index contributed by atoms with van der Waals surface area (Å²) in [5.74, 6) is 0.847. The van der Waals surface area contributed by atoms with E-state index in [2.05, 4.69) is 9.97 Å². The fourth-order valence-electron chi connectivity index (χ4n) is 1.45. The van der Waals surface area contributed by atoms with Gasteiger partial charge in [-0.15, -0.1) is 22.9 Å². The Morgan fingerprint density at radius 2 is 2.22 bits per heavy atom. The summed E-state index contributed by atoms with van der Waals surface area (Å²) < 4.78 is 5.56. The van der Waals surface area contributed by atoms with Crippen LogP contribution in [0.2, 0.25) is 5.02 Å². The summed E-state index contributed by atoms with van der Waals surface area (Å²) in [6.07, 6.45) is 2.48. The highest BCUT2D eigenvalue weighted by Crippen LogP contribution is 2.23. The minimum absolute atomic E-state index is 0.396. The highest BCUT2D eigenvalue weighted by molar-refractivity contribution is 7.09. The molecule has 0 aliphatic heterocycles. The number of hydrogen-bond donors (Lipinski definition) is 0. The van der Waals surface area contributed by atoms with Crippen LogP contribution in [0, 0.1) is 6.92 Å². The van der Waals surface area contributed by atoms with Crippen molar-refractivity contribution in [3.63, 3.8) is 0 Å². The van der Waals surface area contributed by atoms with Crippen molar-refractivity contribution in [2.75, 3.05) is 6.61 Å². The van der Waals surface area contributed by atoms with Crippen LogP contribution in [0.1, 0.15) is 16.1 Å². The minimum Gasteiger partial charge on any atom is -0.476 e. The first kappa shape index (κ1) is 13.6. The van der Waals surface area contributed by atoms with E-state index in [4.69, 9.17) is 27.9 Å². The average molecular weight is 303 g/mol. The lowest BCUT2D eigenvalue weighted by Crippen LogP contribution is -2.03. The molecule has 2 aromatic heterocycles. The van der Waals surface area contributed by atoms with E-state index in [-0.39, 0.29) is 0 Å². The fourth-order valence-corrected chi connectivity index (χ4v) is 2.60. The predicted molar refractivity (Wildman–Crippen MR) is 74.9 cm³/mol. The zero-order valence-electron chi connectivity index (χ0n) is 9.82. The van der Waals surface area contributed by atoms with Crippen molar-refractivity contribution < 1.29 is 4.74 Å². The van der Waals surface area contributed by atoms with Crippen LogP contribution >= 0.6 is 34.5 Å². The fraction of sp³-hybridized carbons (Fsp3) is 0.333. The van der Waals surface area contributed by atoms with Crippen LogP contribution < -0.4 is 4.74 Å². The van der Waals surface area contributed by atoms with Crippen molar-refractivity contribution in [2.45, 2.75) is 19.2 Å². The number of aryl methyl sites for hydroxylation is 1. The monoisotopic (exact) mass is 302 g/mol. The first-order valence-corrected chi connectivity index (χ1v) is 7.22. The third-order valence-electron chi connectivity index (χ3n) is 2.43. The average Bonchev–Trinajstić information content (AvgIpc) is 2.77. The molecule has 0 aliphatic rings. The Hall–Kier alpha value is -0.840. The molecule has 0 aromatic carbocycles. The Kier molecular flexibility index (Phi) is 4.80. The second kappa shape index (κ2) is 6.36. The number of halogens is 2. The quantitative estimate of drug-likeness (QED) is 0.787. The van der Waals surface area contributed by atoms with Gasteiger partial charge in [0.1, 0.15) is 5.02 Å². The maximum atomic E-state index is 6.04. The molecule has 2 aromatic rings. The van der Waals surface area contributed by atoms with Crippen LogP contribution in [0.5, 0.6) is 5.88 Å². The molecule has 0 saturated carbocycles. The highest BCUT2D eigenvalue weighted by Gasteiger charge is 2.06. The molecule has 0 unspecified atom stereocenters. The minimum atomic E-state index is 0.396. The second-order valence-electron chi connectivity index (χ2n) is 3.72. The lowest BCUT2D eigenvalue weighted by atomic mass is 10.3. The number of pyridine rings is 1. The molecule has 6 heteroatoms. The molecule has 0 bridgehead atoms. The van der Waals surface area contributed by atoms with Gasteiger partial charge in [0.05, 0.1) is 17.8 Å². The molecule has 3 nitrogen and oxygen atoms in total. The van der Waals surface area contributed by atoms with Crippen LogP contribution in [0.3, 0.4) is 0 Å². The van der Waals surface area contributed by atoms with E-state index in [1.54, 1.807) is 23.6 Å². The maximum absolute atomic E-state index is 6.04. The van der Waals surface area contributed by atoms with Crippen LogP contribution in [-0.2, 0) is 12.3 Å². The van der Waals surface area contributed by atoms with Crippen molar-refractivity contribution >= 4 is 34.5 Å². The van der Waals surface area contributed by atoms with E-state index in [1.807, 2.05) is 12.4 Å². The van der Waals surface area contributed by atoms with Gasteiger partial charge in [0.25, 0.3) is 0 Å². The summed E-state index contributed by atoms with van der Waals surface area (Å²) in [7, 11) is 0. The van der Waals surface area contributed by atoms with Gasteiger partial charge in [-0.1, -0.05) is 11.6 Å². The Morgan fingerprint density at radius 3 is 2.83 bits per heavy atom. The SMILES string of the molecule is Cc1ncsc1CCOc1ncc(CCl)cc1Cl. The summed E-state index contributed by atoms with van der Waals surface area (Å²) in [6.45, 7) is 2.53. The summed E-state index contributed by atoms with van der Waals surface area (Å²) in [5, 5.41) is 0.495. The molecule has 0 radical (unpaired) electrons. The Labute approximate surface area is 120 Å². The topological polar surface area (TPSA) is 35.0 Å². The molecular formula is C12H12Cl2N2OS. The molecule has 0 fully saturated rings. The molecular weight excluding hydrogens is 291 g/mol. The van der Waals surface area contributed by atoms with Crippen molar-refractivity contribution in [2.24, 2.45) is 0 Å². The smallest absolute Gasteiger partial charge is 0.232 e. The van der Waals surface area contributed by atoms with E-state index >= 15 is 0 Å². The Morgan fingerprint density at radius 1 is 1.39 bits per heavy atom. The molecule has 96 valence electrons. The molecule has 0 amide bonds. The Balaban J connectivity index is 1.92. The summed E-state index contributed by atoms with van der Waals surface area (Å²) in [6, 6.07) is 1.77. The van der Waals surface area contributed by atoms with Gasteiger partial charge < -0.3 is 4.74 Å². The van der Waals surface area contributed by atoms with Crippen molar-refractivity contribution in [1.82, 2.24) is 9.97 Å². The Bertz CT molecular complexity index is 531. The van der Waals surface area contributed by atoms with Gasteiger partial charge in [-0.3, -0.25) is 0 Å². The third-order valence-corrected chi connectivity index (χ3v) is 4.01. The number of hydrogen-bond acceptors (Lipinski definition) is 4. The van der Waals surface area contributed by atoms with E-state index in [0.717, 1.165) is 17.7 Å². The molecule has 0 saturated heterocycles. The van der Waals surface area contributed by atoms with Crippen molar-refractivity contribution in [1.29, 1.82) is 0 Å².